The Kier molecular flexibility index (Phi) is 3.00. The first-order valence-electron chi connectivity index (χ1n) is 3.37. The smallest absolute Gasteiger partial charge is 0.338 e. The molecule has 4 nitrogen and oxygen atoms in total. The van der Waals surface area contributed by atoms with Gasteiger partial charge < -0.3 is 10.1 Å². The zero-order valence-corrected chi connectivity index (χ0v) is 8.14. The summed E-state index contributed by atoms with van der Waals surface area (Å²) in [5.41, 5.74) is -2.30. The third-order valence-corrected chi connectivity index (χ3v) is 2.08. The predicted octanol–water partition coefficient (Wildman–Crippen LogP) is 1.77. The van der Waals surface area contributed by atoms with Gasteiger partial charge in [-0.2, -0.15) is 0 Å². The number of aromatic nitrogens is 1. The molecule has 0 amide bonds. The van der Waals surface area contributed by atoms with Crippen molar-refractivity contribution < 1.29 is 18.7 Å². The first kappa shape index (κ1) is 10.8. The third kappa shape index (κ3) is 1.98. The van der Waals surface area contributed by atoms with Crippen molar-refractivity contribution in [3.8, 4) is 0 Å². The zero-order valence-electron chi connectivity index (χ0n) is 6.55. The second-order valence-electron chi connectivity index (χ2n) is 2.38. The molecule has 0 aliphatic heterocycles. The average Bonchev–Trinajstić information content (AvgIpc) is 2.01. The molecule has 1 aromatic rings. The van der Waals surface area contributed by atoms with Crippen molar-refractivity contribution in [3.63, 3.8) is 0 Å². The summed E-state index contributed by atoms with van der Waals surface area (Å²) in [7, 11) is 0. The fourth-order valence-corrected chi connectivity index (χ4v) is 1.52. The SMILES string of the molecule is O=C(O)c1c(Br)cc(=O)[nH]c1C(F)F. The number of halogens is 3. The number of hydrogen-bond acceptors (Lipinski definition) is 2. The molecule has 0 bridgehead atoms. The number of rotatable bonds is 2. The summed E-state index contributed by atoms with van der Waals surface area (Å²) in [6.45, 7) is 0. The number of alkyl halides is 2. The minimum Gasteiger partial charge on any atom is -0.478 e. The van der Waals surface area contributed by atoms with Crippen molar-refractivity contribution in [3.05, 3.63) is 32.2 Å². The van der Waals surface area contributed by atoms with Crippen LogP contribution in [-0.4, -0.2) is 16.1 Å². The van der Waals surface area contributed by atoms with Crippen LogP contribution in [0.2, 0.25) is 0 Å². The number of H-pyrrole nitrogens is 1. The summed E-state index contributed by atoms with van der Waals surface area (Å²) in [4.78, 5) is 23.1. The van der Waals surface area contributed by atoms with Crippen LogP contribution in [0.1, 0.15) is 22.5 Å². The van der Waals surface area contributed by atoms with Crippen molar-refractivity contribution in [2.45, 2.75) is 6.43 Å². The molecule has 0 aromatic carbocycles. The number of aromatic carboxylic acids is 1. The van der Waals surface area contributed by atoms with E-state index in [2.05, 4.69) is 15.9 Å². The van der Waals surface area contributed by atoms with Crippen molar-refractivity contribution in [1.29, 1.82) is 0 Å². The molecule has 1 heterocycles. The third-order valence-electron chi connectivity index (χ3n) is 1.46. The number of carboxylic acid groups (broad SMARTS) is 1. The van der Waals surface area contributed by atoms with E-state index in [4.69, 9.17) is 5.11 Å². The Bertz CT molecular complexity index is 429. The van der Waals surface area contributed by atoms with E-state index < -0.39 is 29.2 Å². The number of pyridine rings is 1. The standard InChI is InChI=1S/C7H4BrF2NO3/c8-2-1-3(12)11-5(6(9)10)4(2)7(13)14/h1,6H,(H,11,12)(H,13,14). The van der Waals surface area contributed by atoms with E-state index in [0.717, 1.165) is 6.07 Å². The van der Waals surface area contributed by atoms with Crippen LogP contribution in [0.4, 0.5) is 8.78 Å². The van der Waals surface area contributed by atoms with E-state index in [1.54, 1.807) is 4.98 Å². The second kappa shape index (κ2) is 3.87. The number of nitrogens with one attached hydrogen (secondary N) is 1. The number of hydrogen-bond donors (Lipinski definition) is 2. The van der Waals surface area contributed by atoms with Gasteiger partial charge in [-0.05, 0) is 15.9 Å². The van der Waals surface area contributed by atoms with E-state index in [1.165, 1.54) is 0 Å². The Morgan fingerprint density at radius 1 is 1.57 bits per heavy atom. The molecular weight excluding hydrogens is 264 g/mol. The van der Waals surface area contributed by atoms with E-state index >= 15 is 0 Å². The van der Waals surface area contributed by atoms with Gasteiger partial charge in [0.1, 0.15) is 5.69 Å². The Balaban J connectivity index is 3.52. The minimum absolute atomic E-state index is 0.163. The van der Waals surface area contributed by atoms with Gasteiger partial charge in [0.05, 0.1) is 5.56 Å². The van der Waals surface area contributed by atoms with Crippen molar-refractivity contribution >= 4 is 21.9 Å². The molecule has 14 heavy (non-hydrogen) atoms. The highest BCUT2D eigenvalue weighted by molar-refractivity contribution is 9.10. The predicted molar refractivity (Wildman–Crippen MR) is 46.7 cm³/mol. The molecule has 0 spiro atoms. The van der Waals surface area contributed by atoms with E-state index in [-0.39, 0.29) is 4.47 Å². The molecule has 0 fully saturated rings. The molecule has 0 aliphatic carbocycles. The maximum atomic E-state index is 12.3. The quantitative estimate of drug-likeness (QED) is 0.858. The van der Waals surface area contributed by atoms with Crippen LogP contribution in [0, 0.1) is 0 Å². The topological polar surface area (TPSA) is 70.2 Å². The number of carboxylic acids is 1. The van der Waals surface area contributed by atoms with Gasteiger partial charge in [0, 0.05) is 10.5 Å². The monoisotopic (exact) mass is 267 g/mol. The lowest BCUT2D eigenvalue weighted by Gasteiger charge is -2.05. The van der Waals surface area contributed by atoms with E-state index in [1.807, 2.05) is 0 Å². The van der Waals surface area contributed by atoms with Gasteiger partial charge in [0.2, 0.25) is 5.56 Å². The van der Waals surface area contributed by atoms with E-state index in [9.17, 15) is 18.4 Å². The van der Waals surface area contributed by atoms with Crippen LogP contribution in [0.5, 0.6) is 0 Å². The molecule has 0 unspecified atom stereocenters. The Morgan fingerprint density at radius 2 is 2.14 bits per heavy atom. The lowest BCUT2D eigenvalue weighted by molar-refractivity contribution is 0.0681. The van der Waals surface area contributed by atoms with Gasteiger partial charge >= 0.3 is 5.97 Å². The maximum Gasteiger partial charge on any atom is 0.338 e. The Hall–Kier alpha value is -1.24. The first-order valence-corrected chi connectivity index (χ1v) is 4.17. The highest BCUT2D eigenvalue weighted by atomic mass is 79.9. The number of aromatic amines is 1. The largest absolute Gasteiger partial charge is 0.478 e. The molecular formula is C7H4BrF2NO3. The Labute approximate surface area is 84.7 Å². The summed E-state index contributed by atoms with van der Waals surface area (Å²) >= 11 is 2.73. The molecule has 0 atom stereocenters. The first-order chi connectivity index (χ1) is 6.43. The van der Waals surface area contributed by atoms with Gasteiger partial charge in [0.25, 0.3) is 6.43 Å². The lowest BCUT2D eigenvalue weighted by atomic mass is 10.2. The summed E-state index contributed by atoms with van der Waals surface area (Å²) in [6, 6.07) is 0.884. The maximum absolute atomic E-state index is 12.3. The minimum atomic E-state index is -3.04. The zero-order chi connectivity index (χ0) is 10.9. The normalized spacial score (nSPS) is 10.6. The highest BCUT2D eigenvalue weighted by Gasteiger charge is 2.22. The van der Waals surface area contributed by atoms with Crippen LogP contribution in [0.15, 0.2) is 15.3 Å². The van der Waals surface area contributed by atoms with Gasteiger partial charge in [-0.15, -0.1) is 0 Å². The average molecular weight is 268 g/mol. The molecule has 0 aliphatic rings. The van der Waals surface area contributed by atoms with Crippen LogP contribution in [0.3, 0.4) is 0 Å². The van der Waals surface area contributed by atoms with Gasteiger partial charge in [0.15, 0.2) is 0 Å². The van der Waals surface area contributed by atoms with Gasteiger partial charge in [-0.3, -0.25) is 4.79 Å². The second-order valence-corrected chi connectivity index (χ2v) is 3.23. The molecule has 1 aromatic heterocycles. The molecule has 0 radical (unpaired) electrons. The van der Waals surface area contributed by atoms with Crippen molar-refractivity contribution in [1.82, 2.24) is 4.98 Å². The molecule has 76 valence electrons. The molecule has 2 N–H and O–H groups in total. The Morgan fingerprint density at radius 3 is 2.57 bits per heavy atom. The van der Waals surface area contributed by atoms with Crippen LogP contribution in [0.25, 0.3) is 0 Å². The van der Waals surface area contributed by atoms with E-state index in [0.29, 0.717) is 0 Å². The van der Waals surface area contributed by atoms with Crippen LogP contribution >= 0.6 is 15.9 Å². The number of carbonyl (C=O) groups is 1. The summed E-state index contributed by atoms with van der Waals surface area (Å²) in [5.74, 6) is -1.52. The fraction of sp³-hybridized carbons (Fsp3) is 0.143. The molecule has 0 saturated heterocycles. The molecule has 1 rings (SSSR count). The molecule has 7 heteroatoms. The fourth-order valence-electron chi connectivity index (χ4n) is 0.928. The van der Waals surface area contributed by atoms with Gasteiger partial charge in [-0.25, -0.2) is 13.6 Å². The van der Waals surface area contributed by atoms with Crippen molar-refractivity contribution in [2.75, 3.05) is 0 Å². The van der Waals surface area contributed by atoms with Crippen LogP contribution < -0.4 is 5.56 Å². The van der Waals surface area contributed by atoms with Crippen molar-refractivity contribution in [2.24, 2.45) is 0 Å². The van der Waals surface area contributed by atoms with Crippen LogP contribution in [-0.2, 0) is 0 Å². The summed E-state index contributed by atoms with van der Waals surface area (Å²) in [6.07, 6.45) is -3.04. The molecule has 0 saturated carbocycles. The summed E-state index contributed by atoms with van der Waals surface area (Å²) < 4.78 is 24.4. The highest BCUT2D eigenvalue weighted by Crippen LogP contribution is 2.24. The lowest BCUT2D eigenvalue weighted by Crippen LogP contribution is -2.15. The summed E-state index contributed by atoms with van der Waals surface area (Å²) in [5, 5.41) is 8.60. The van der Waals surface area contributed by atoms with Gasteiger partial charge in [-0.1, -0.05) is 0 Å².